The van der Waals surface area contributed by atoms with Crippen LogP contribution in [0.2, 0.25) is 0 Å². The number of ether oxygens (including phenoxy) is 1. The number of nitrogens with one attached hydrogen (secondary N) is 1. The van der Waals surface area contributed by atoms with Gasteiger partial charge in [-0.25, -0.2) is 13.8 Å². The molecule has 1 aromatic heterocycles. The van der Waals surface area contributed by atoms with Gasteiger partial charge in [0.1, 0.15) is 12.0 Å². The van der Waals surface area contributed by atoms with E-state index in [1.807, 2.05) is 6.92 Å². The number of nitrogen functional groups attached to an aromatic ring is 1. The molecule has 0 saturated carbocycles. The second-order valence-corrected chi connectivity index (χ2v) is 4.39. The topological polar surface area (TPSA) is 73.1 Å². The van der Waals surface area contributed by atoms with E-state index < -0.39 is 11.6 Å². The lowest BCUT2D eigenvalue weighted by Crippen LogP contribution is -2.08. The third kappa shape index (κ3) is 3.77. The number of anilines is 2. The molecule has 0 atom stereocenters. The van der Waals surface area contributed by atoms with Crippen LogP contribution in [0, 0.1) is 11.6 Å². The monoisotopic (exact) mass is 294 g/mol. The lowest BCUT2D eigenvalue weighted by molar-refractivity contribution is 0.306. The van der Waals surface area contributed by atoms with E-state index in [4.69, 9.17) is 10.5 Å². The fraction of sp³-hybridized carbons (Fsp3) is 0.286. The van der Waals surface area contributed by atoms with Crippen LogP contribution >= 0.6 is 0 Å². The largest absolute Gasteiger partial charge is 0.476 e. The standard InChI is InChI=1S/C14H16F2N4O/c1-2-5-21-14-12(17)13(19-8-20-14)18-7-9-3-4-10(15)11(16)6-9/h3-4,6,8H,2,5,7,17H2,1H3,(H,18,19,20). The normalized spacial score (nSPS) is 10.4. The Morgan fingerprint density at radius 1 is 1.24 bits per heavy atom. The van der Waals surface area contributed by atoms with Gasteiger partial charge in [-0.15, -0.1) is 0 Å². The maximum Gasteiger partial charge on any atom is 0.242 e. The molecular weight excluding hydrogens is 278 g/mol. The average Bonchev–Trinajstić information content (AvgIpc) is 2.48. The van der Waals surface area contributed by atoms with E-state index in [0.29, 0.717) is 23.9 Å². The Morgan fingerprint density at radius 3 is 2.76 bits per heavy atom. The third-order valence-electron chi connectivity index (χ3n) is 2.73. The Hall–Kier alpha value is -2.44. The summed E-state index contributed by atoms with van der Waals surface area (Å²) in [5.74, 6) is -1.08. The summed E-state index contributed by atoms with van der Waals surface area (Å²) in [6, 6.07) is 3.68. The summed E-state index contributed by atoms with van der Waals surface area (Å²) in [6.07, 6.45) is 2.16. The highest BCUT2D eigenvalue weighted by Gasteiger charge is 2.09. The molecule has 5 nitrogen and oxygen atoms in total. The number of hydrogen-bond acceptors (Lipinski definition) is 5. The van der Waals surface area contributed by atoms with Crippen molar-refractivity contribution in [3.63, 3.8) is 0 Å². The summed E-state index contributed by atoms with van der Waals surface area (Å²) in [6.45, 7) is 2.73. The minimum Gasteiger partial charge on any atom is -0.476 e. The molecule has 0 aliphatic carbocycles. The zero-order valence-corrected chi connectivity index (χ0v) is 11.6. The maximum atomic E-state index is 13.1. The van der Waals surface area contributed by atoms with E-state index in [-0.39, 0.29) is 12.2 Å². The lowest BCUT2D eigenvalue weighted by atomic mass is 10.2. The van der Waals surface area contributed by atoms with Crippen molar-refractivity contribution in [2.45, 2.75) is 19.9 Å². The van der Waals surface area contributed by atoms with Crippen LogP contribution in [0.4, 0.5) is 20.3 Å². The van der Waals surface area contributed by atoms with E-state index in [1.54, 1.807) is 0 Å². The molecule has 7 heteroatoms. The van der Waals surface area contributed by atoms with Crippen LogP contribution in [0.3, 0.4) is 0 Å². The van der Waals surface area contributed by atoms with Crippen LogP contribution in [0.15, 0.2) is 24.5 Å². The van der Waals surface area contributed by atoms with Gasteiger partial charge >= 0.3 is 0 Å². The number of nitrogens with zero attached hydrogens (tertiary/aromatic N) is 2. The molecule has 0 fully saturated rings. The summed E-state index contributed by atoms with van der Waals surface area (Å²) < 4.78 is 31.3. The van der Waals surface area contributed by atoms with Crippen molar-refractivity contribution in [3.8, 4) is 5.88 Å². The van der Waals surface area contributed by atoms with Crippen molar-refractivity contribution >= 4 is 11.5 Å². The predicted octanol–water partition coefficient (Wildman–Crippen LogP) is 2.74. The molecule has 2 aromatic rings. The highest BCUT2D eigenvalue weighted by atomic mass is 19.2. The summed E-state index contributed by atoms with van der Waals surface area (Å²) in [7, 11) is 0. The number of hydrogen-bond donors (Lipinski definition) is 2. The molecule has 1 heterocycles. The molecule has 0 spiro atoms. The van der Waals surface area contributed by atoms with Crippen molar-refractivity contribution < 1.29 is 13.5 Å². The Morgan fingerprint density at radius 2 is 2.05 bits per heavy atom. The van der Waals surface area contributed by atoms with Crippen LogP contribution in [-0.2, 0) is 6.54 Å². The molecular formula is C14H16F2N4O. The number of nitrogens with two attached hydrogens (primary N) is 1. The van der Waals surface area contributed by atoms with Crippen molar-refractivity contribution in [3.05, 3.63) is 41.7 Å². The van der Waals surface area contributed by atoms with Gasteiger partial charge in [0, 0.05) is 6.54 Å². The number of benzene rings is 1. The van der Waals surface area contributed by atoms with Gasteiger partial charge in [-0.3, -0.25) is 0 Å². The van der Waals surface area contributed by atoms with Crippen LogP contribution in [-0.4, -0.2) is 16.6 Å². The SMILES string of the molecule is CCCOc1ncnc(NCc2ccc(F)c(F)c2)c1N. The van der Waals surface area contributed by atoms with E-state index in [0.717, 1.165) is 18.6 Å². The Labute approximate surface area is 121 Å². The van der Waals surface area contributed by atoms with Gasteiger partial charge in [0.25, 0.3) is 0 Å². The molecule has 2 rings (SSSR count). The minimum atomic E-state index is -0.892. The molecule has 0 saturated heterocycles. The highest BCUT2D eigenvalue weighted by molar-refractivity contribution is 5.66. The second kappa shape index (κ2) is 6.83. The Bertz CT molecular complexity index is 622. The summed E-state index contributed by atoms with van der Waals surface area (Å²) in [5.41, 5.74) is 6.75. The second-order valence-electron chi connectivity index (χ2n) is 4.39. The average molecular weight is 294 g/mol. The van der Waals surface area contributed by atoms with Crippen molar-refractivity contribution in [2.24, 2.45) is 0 Å². The van der Waals surface area contributed by atoms with Crippen molar-refractivity contribution in [1.29, 1.82) is 0 Å². The van der Waals surface area contributed by atoms with Crippen molar-refractivity contribution in [1.82, 2.24) is 9.97 Å². The van der Waals surface area contributed by atoms with Crippen molar-refractivity contribution in [2.75, 3.05) is 17.7 Å². The van der Waals surface area contributed by atoms with Crippen LogP contribution < -0.4 is 15.8 Å². The number of halogens is 2. The Kier molecular flexibility index (Phi) is 4.86. The van der Waals surface area contributed by atoms with E-state index in [9.17, 15) is 8.78 Å². The first-order valence-electron chi connectivity index (χ1n) is 6.53. The van der Waals surface area contributed by atoms with Crippen LogP contribution in [0.5, 0.6) is 5.88 Å². The lowest BCUT2D eigenvalue weighted by Gasteiger charge is -2.11. The zero-order chi connectivity index (χ0) is 15.2. The van der Waals surface area contributed by atoms with Crippen LogP contribution in [0.1, 0.15) is 18.9 Å². The molecule has 0 unspecified atom stereocenters. The molecule has 0 aliphatic rings. The fourth-order valence-electron chi connectivity index (χ4n) is 1.67. The van der Waals surface area contributed by atoms with Gasteiger partial charge in [-0.2, -0.15) is 4.98 Å². The van der Waals surface area contributed by atoms with Gasteiger partial charge in [-0.05, 0) is 24.1 Å². The maximum absolute atomic E-state index is 13.1. The van der Waals surface area contributed by atoms with Gasteiger partial charge < -0.3 is 15.8 Å². The first-order valence-corrected chi connectivity index (χ1v) is 6.53. The molecule has 0 bridgehead atoms. The van der Waals surface area contributed by atoms with Gasteiger partial charge in [-0.1, -0.05) is 13.0 Å². The molecule has 0 aliphatic heterocycles. The van der Waals surface area contributed by atoms with E-state index in [1.165, 1.54) is 12.4 Å². The molecule has 112 valence electrons. The van der Waals surface area contributed by atoms with Gasteiger partial charge in [0.15, 0.2) is 17.5 Å². The zero-order valence-electron chi connectivity index (χ0n) is 11.6. The summed E-state index contributed by atoms with van der Waals surface area (Å²) in [4.78, 5) is 7.96. The molecule has 3 N–H and O–H groups in total. The van der Waals surface area contributed by atoms with Gasteiger partial charge in [0.05, 0.1) is 6.61 Å². The highest BCUT2D eigenvalue weighted by Crippen LogP contribution is 2.25. The predicted molar refractivity (Wildman–Crippen MR) is 75.9 cm³/mol. The molecule has 0 amide bonds. The van der Waals surface area contributed by atoms with E-state index >= 15 is 0 Å². The quantitative estimate of drug-likeness (QED) is 0.857. The van der Waals surface area contributed by atoms with Gasteiger partial charge in [0.2, 0.25) is 5.88 Å². The fourth-order valence-corrected chi connectivity index (χ4v) is 1.67. The molecule has 0 radical (unpaired) electrons. The number of rotatable bonds is 6. The molecule has 1 aromatic carbocycles. The first kappa shape index (κ1) is 15.0. The summed E-state index contributed by atoms with van der Waals surface area (Å²) >= 11 is 0. The minimum absolute atomic E-state index is 0.256. The summed E-state index contributed by atoms with van der Waals surface area (Å²) in [5, 5.41) is 2.95. The third-order valence-corrected chi connectivity index (χ3v) is 2.73. The number of aromatic nitrogens is 2. The van der Waals surface area contributed by atoms with E-state index in [2.05, 4.69) is 15.3 Å². The Balaban J connectivity index is 2.07. The first-order chi connectivity index (χ1) is 10.1. The van der Waals surface area contributed by atoms with Crippen LogP contribution in [0.25, 0.3) is 0 Å². The molecule has 21 heavy (non-hydrogen) atoms. The smallest absolute Gasteiger partial charge is 0.242 e.